The SMILES string of the molecule is CC(C)(CO)NC(=O)c1c(N)cccc1Cl. The Morgan fingerprint density at radius 3 is 2.69 bits per heavy atom. The normalized spacial score (nSPS) is 11.2. The first-order chi connectivity index (χ1) is 7.37. The van der Waals surface area contributed by atoms with E-state index in [-0.39, 0.29) is 18.1 Å². The lowest BCUT2D eigenvalue weighted by atomic mass is 10.1. The maximum Gasteiger partial charge on any atom is 0.255 e. The van der Waals surface area contributed by atoms with Crippen LogP contribution in [0.4, 0.5) is 5.69 Å². The highest BCUT2D eigenvalue weighted by Crippen LogP contribution is 2.22. The van der Waals surface area contributed by atoms with Gasteiger partial charge >= 0.3 is 0 Å². The van der Waals surface area contributed by atoms with Crippen molar-refractivity contribution >= 4 is 23.2 Å². The topological polar surface area (TPSA) is 75.3 Å². The van der Waals surface area contributed by atoms with Crippen LogP contribution in [0.15, 0.2) is 18.2 Å². The molecule has 1 aromatic rings. The van der Waals surface area contributed by atoms with E-state index in [4.69, 9.17) is 22.4 Å². The van der Waals surface area contributed by atoms with E-state index in [0.29, 0.717) is 10.7 Å². The van der Waals surface area contributed by atoms with Crippen molar-refractivity contribution in [2.45, 2.75) is 19.4 Å². The van der Waals surface area contributed by atoms with Crippen LogP contribution < -0.4 is 11.1 Å². The second-order valence-corrected chi connectivity index (χ2v) is 4.61. The minimum Gasteiger partial charge on any atom is -0.398 e. The third-order valence-corrected chi connectivity index (χ3v) is 2.44. The van der Waals surface area contributed by atoms with E-state index in [9.17, 15) is 4.79 Å². The molecule has 16 heavy (non-hydrogen) atoms. The van der Waals surface area contributed by atoms with Gasteiger partial charge in [-0.15, -0.1) is 0 Å². The Balaban J connectivity index is 2.98. The Bertz CT molecular complexity index is 385. The lowest BCUT2D eigenvalue weighted by Gasteiger charge is -2.24. The van der Waals surface area contributed by atoms with E-state index in [1.165, 1.54) is 0 Å². The molecule has 1 rings (SSSR count). The fourth-order valence-corrected chi connectivity index (χ4v) is 1.46. The highest BCUT2D eigenvalue weighted by atomic mass is 35.5. The van der Waals surface area contributed by atoms with Gasteiger partial charge in [-0.1, -0.05) is 17.7 Å². The van der Waals surface area contributed by atoms with Crippen LogP contribution in [0.3, 0.4) is 0 Å². The number of carbonyl (C=O) groups is 1. The first-order valence-electron chi connectivity index (χ1n) is 4.85. The van der Waals surface area contributed by atoms with Gasteiger partial charge in [-0.05, 0) is 26.0 Å². The summed E-state index contributed by atoms with van der Waals surface area (Å²) in [7, 11) is 0. The number of nitrogens with one attached hydrogen (secondary N) is 1. The summed E-state index contributed by atoms with van der Waals surface area (Å²) in [5.74, 6) is -0.387. The van der Waals surface area contributed by atoms with E-state index in [1.54, 1.807) is 32.0 Å². The zero-order chi connectivity index (χ0) is 12.3. The Morgan fingerprint density at radius 2 is 2.19 bits per heavy atom. The lowest BCUT2D eigenvalue weighted by Crippen LogP contribution is -2.46. The van der Waals surface area contributed by atoms with Crippen molar-refractivity contribution in [3.63, 3.8) is 0 Å². The molecule has 1 amide bonds. The predicted molar refractivity (Wildman–Crippen MR) is 64.5 cm³/mol. The number of carbonyl (C=O) groups excluding carboxylic acids is 1. The number of nitrogen functional groups attached to an aromatic ring is 1. The first-order valence-corrected chi connectivity index (χ1v) is 5.22. The monoisotopic (exact) mass is 242 g/mol. The van der Waals surface area contributed by atoms with Gasteiger partial charge in [0.05, 0.1) is 22.7 Å². The molecule has 0 aliphatic rings. The Hall–Kier alpha value is -1.26. The fraction of sp³-hybridized carbons (Fsp3) is 0.364. The maximum absolute atomic E-state index is 11.9. The molecule has 0 aliphatic heterocycles. The smallest absolute Gasteiger partial charge is 0.255 e. The van der Waals surface area contributed by atoms with Gasteiger partial charge in [-0.3, -0.25) is 4.79 Å². The predicted octanol–water partition coefficient (Wildman–Crippen LogP) is 1.42. The molecule has 0 spiro atoms. The van der Waals surface area contributed by atoms with Gasteiger partial charge in [-0.2, -0.15) is 0 Å². The minimum absolute atomic E-state index is 0.164. The van der Waals surface area contributed by atoms with E-state index in [2.05, 4.69) is 5.32 Å². The quantitative estimate of drug-likeness (QED) is 0.702. The summed E-state index contributed by atoms with van der Waals surface area (Å²) in [4.78, 5) is 11.9. The molecule has 0 heterocycles. The third-order valence-electron chi connectivity index (χ3n) is 2.12. The van der Waals surface area contributed by atoms with Crippen LogP contribution in [-0.2, 0) is 0 Å². The lowest BCUT2D eigenvalue weighted by molar-refractivity contribution is 0.0870. The number of nitrogens with two attached hydrogens (primary N) is 1. The molecular formula is C11H15ClN2O2. The zero-order valence-electron chi connectivity index (χ0n) is 9.25. The Morgan fingerprint density at radius 1 is 1.56 bits per heavy atom. The van der Waals surface area contributed by atoms with E-state index in [0.717, 1.165) is 0 Å². The number of benzene rings is 1. The second-order valence-electron chi connectivity index (χ2n) is 4.20. The van der Waals surface area contributed by atoms with Gasteiger partial charge in [0.1, 0.15) is 0 Å². The number of rotatable bonds is 3. The highest BCUT2D eigenvalue weighted by molar-refractivity contribution is 6.34. The van der Waals surface area contributed by atoms with E-state index < -0.39 is 5.54 Å². The minimum atomic E-state index is -0.706. The second kappa shape index (κ2) is 4.72. The van der Waals surface area contributed by atoms with Crippen LogP contribution in [-0.4, -0.2) is 23.2 Å². The standard InChI is InChI=1S/C11H15ClN2O2/c1-11(2,6-15)14-10(16)9-7(12)4-3-5-8(9)13/h3-5,15H,6,13H2,1-2H3,(H,14,16). The fourth-order valence-electron chi connectivity index (χ4n) is 1.19. The number of anilines is 1. The molecule has 4 N–H and O–H groups in total. The van der Waals surface area contributed by atoms with Crippen molar-refractivity contribution in [1.82, 2.24) is 5.32 Å². The van der Waals surface area contributed by atoms with Crippen molar-refractivity contribution in [1.29, 1.82) is 0 Å². The molecular weight excluding hydrogens is 228 g/mol. The Labute approximate surface area is 99.4 Å². The number of hydrogen-bond donors (Lipinski definition) is 3. The summed E-state index contributed by atoms with van der Waals surface area (Å²) in [6.07, 6.45) is 0. The summed E-state index contributed by atoms with van der Waals surface area (Å²) >= 11 is 5.89. The molecule has 0 saturated heterocycles. The molecule has 0 radical (unpaired) electrons. The van der Waals surface area contributed by atoms with Gasteiger partial charge in [0, 0.05) is 5.69 Å². The summed E-state index contributed by atoms with van der Waals surface area (Å²) in [5, 5.41) is 12.0. The molecule has 0 aromatic heterocycles. The van der Waals surface area contributed by atoms with Crippen LogP contribution in [0.25, 0.3) is 0 Å². The molecule has 0 bridgehead atoms. The zero-order valence-corrected chi connectivity index (χ0v) is 10.0. The number of hydrogen-bond acceptors (Lipinski definition) is 3. The van der Waals surface area contributed by atoms with Crippen LogP contribution >= 0.6 is 11.6 Å². The molecule has 88 valence electrons. The van der Waals surface area contributed by atoms with Gasteiger partial charge in [-0.25, -0.2) is 0 Å². The van der Waals surface area contributed by atoms with Crippen molar-refractivity contribution < 1.29 is 9.90 Å². The summed E-state index contributed by atoms with van der Waals surface area (Å²) < 4.78 is 0. The van der Waals surface area contributed by atoms with Crippen LogP contribution in [0.2, 0.25) is 5.02 Å². The average molecular weight is 243 g/mol. The van der Waals surface area contributed by atoms with E-state index in [1.807, 2.05) is 0 Å². The number of halogens is 1. The van der Waals surface area contributed by atoms with E-state index >= 15 is 0 Å². The van der Waals surface area contributed by atoms with Gasteiger partial charge in [0.25, 0.3) is 5.91 Å². The molecule has 0 saturated carbocycles. The third kappa shape index (κ3) is 2.87. The Kier molecular flexibility index (Phi) is 3.78. The average Bonchev–Trinajstić information content (AvgIpc) is 2.16. The summed E-state index contributed by atoms with van der Waals surface area (Å²) in [6.45, 7) is 3.25. The maximum atomic E-state index is 11.9. The van der Waals surface area contributed by atoms with Gasteiger partial charge in [0.2, 0.25) is 0 Å². The van der Waals surface area contributed by atoms with Crippen molar-refractivity contribution in [2.24, 2.45) is 0 Å². The first kappa shape index (κ1) is 12.8. The van der Waals surface area contributed by atoms with Gasteiger partial charge in [0.15, 0.2) is 0 Å². The van der Waals surface area contributed by atoms with Crippen molar-refractivity contribution in [3.05, 3.63) is 28.8 Å². The van der Waals surface area contributed by atoms with Crippen LogP contribution in [0, 0.1) is 0 Å². The highest BCUT2D eigenvalue weighted by Gasteiger charge is 2.22. The van der Waals surface area contributed by atoms with Crippen LogP contribution in [0.1, 0.15) is 24.2 Å². The molecule has 4 nitrogen and oxygen atoms in total. The summed E-state index contributed by atoms with van der Waals surface area (Å²) in [6, 6.07) is 4.87. The molecule has 0 aliphatic carbocycles. The molecule has 1 aromatic carbocycles. The number of amides is 1. The molecule has 5 heteroatoms. The van der Waals surface area contributed by atoms with Gasteiger partial charge < -0.3 is 16.2 Å². The van der Waals surface area contributed by atoms with Crippen molar-refractivity contribution in [3.8, 4) is 0 Å². The number of aliphatic hydroxyl groups is 1. The number of aliphatic hydroxyl groups excluding tert-OH is 1. The van der Waals surface area contributed by atoms with Crippen LogP contribution in [0.5, 0.6) is 0 Å². The van der Waals surface area contributed by atoms with Crippen molar-refractivity contribution in [2.75, 3.05) is 12.3 Å². The largest absolute Gasteiger partial charge is 0.398 e. The summed E-state index contributed by atoms with van der Waals surface area (Å²) in [5.41, 5.74) is 5.53. The molecule has 0 unspecified atom stereocenters. The molecule has 0 atom stereocenters. The molecule has 0 fully saturated rings.